The lowest BCUT2D eigenvalue weighted by atomic mass is 9.70. The van der Waals surface area contributed by atoms with Crippen LogP contribution in [0.2, 0.25) is 5.02 Å². The number of rotatable bonds is 4. The van der Waals surface area contributed by atoms with Crippen LogP contribution in [0.15, 0.2) is 52.3 Å². The predicted molar refractivity (Wildman–Crippen MR) is 125 cm³/mol. The molecule has 2 saturated carbocycles. The first-order valence-corrected chi connectivity index (χ1v) is 13.3. The third-order valence-corrected chi connectivity index (χ3v) is 9.64. The van der Waals surface area contributed by atoms with Crippen LogP contribution in [-0.4, -0.2) is 11.0 Å². The fourth-order valence-electron chi connectivity index (χ4n) is 5.71. The van der Waals surface area contributed by atoms with Gasteiger partial charge in [-0.05, 0) is 60.3 Å². The zero-order valence-corrected chi connectivity index (χ0v) is 20.3. The molecule has 2 aromatic carbocycles. The minimum atomic E-state index is -4.39. The summed E-state index contributed by atoms with van der Waals surface area (Å²) >= 11 is 8.01. The van der Waals surface area contributed by atoms with Gasteiger partial charge in [-0.25, -0.2) is 4.57 Å². The molecule has 0 aromatic heterocycles. The first-order valence-electron chi connectivity index (χ1n) is 10.6. The third kappa shape index (κ3) is 3.69. The van der Waals surface area contributed by atoms with E-state index in [-0.39, 0.29) is 16.9 Å². The van der Waals surface area contributed by atoms with Gasteiger partial charge in [0.05, 0.1) is 6.10 Å². The average Bonchev–Trinajstić information content (AvgIpc) is 3.12. The van der Waals surface area contributed by atoms with Gasteiger partial charge < -0.3 is 4.52 Å². The van der Waals surface area contributed by atoms with Gasteiger partial charge in [-0.1, -0.05) is 68.4 Å². The summed E-state index contributed by atoms with van der Waals surface area (Å²) in [5.74, 6) is 0.800. The van der Waals surface area contributed by atoms with Gasteiger partial charge in [-0.15, -0.1) is 0 Å². The lowest BCUT2D eigenvalue weighted by Gasteiger charge is -2.42. The van der Waals surface area contributed by atoms with Crippen LogP contribution in [0.4, 0.5) is 0 Å². The van der Waals surface area contributed by atoms with E-state index >= 15 is 0 Å². The fourth-order valence-corrected chi connectivity index (χ4v) is 8.31. The molecule has 3 aliphatic rings. The second kappa shape index (κ2) is 7.40. The van der Waals surface area contributed by atoms with Gasteiger partial charge in [0.15, 0.2) is 0 Å². The number of halogens is 1. The maximum Gasteiger partial charge on any atom is 0.527 e. The van der Waals surface area contributed by atoms with Crippen LogP contribution in [0.25, 0.3) is 11.8 Å². The average molecular weight is 477 g/mol. The smallest absolute Gasteiger partial charge is 0.403 e. The number of phosphoric ester groups is 1. The summed E-state index contributed by atoms with van der Waals surface area (Å²) < 4.78 is 25.0. The number of hydrogen-bond donors (Lipinski definition) is 1. The van der Waals surface area contributed by atoms with Crippen LogP contribution < -0.4 is 0 Å². The first-order chi connectivity index (χ1) is 14.6. The fraction of sp³-hybridized carbons (Fsp3) is 0.417. The van der Waals surface area contributed by atoms with E-state index in [1.54, 1.807) is 23.9 Å². The highest BCUT2D eigenvalue weighted by atomic mass is 35.5. The molecule has 0 radical (unpaired) electrons. The van der Waals surface area contributed by atoms with E-state index in [9.17, 15) is 9.46 Å². The molecule has 0 amide bonds. The van der Waals surface area contributed by atoms with E-state index in [4.69, 9.17) is 20.6 Å². The van der Waals surface area contributed by atoms with Crippen LogP contribution in [-0.2, 0) is 13.6 Å². The summed E-state index contributed by atoms with van der Waals surface area (Å²) in [5, 5.41) is 0.564. The predicted octanol–water partition coefficient (Wildman–Crippen LogP) is 7.65. The molecule has 2 bridgehead atoms. The van der Waals surface area contributed by atoms with Crippen molar-refractivity contribution in [2.75, 3.05) is 0 Å². The Labute approximate surface area is 192 Å². The Balaban J connectivity index is 1.51. The van der Waals surface area contributed by atoms with E-state index in [1.165, 1.54) is 0 Å². The Morgan fingerprint density at radius 2 is 1.87 bits per heavy atom. The second-order valence-corrected chi connectivity index (χ2v) is 12.5. The summed E-state index contributed by atoms with van der Waals surface area (Å²) in [5.41, 5.74) is 1.25. The SMILES string of the molecule is CC1(C)[C@H]2CC[C@](C)(C2)[C@H]1OP(=O)(O)OC1=Cc2c(Cl)cccc2Sc2ccccc21. The highest BCUT2D eigenvalue weighted by Gasteiger charge is 2.62. The highest BCUT2D eigenvalue weighted by Crippen LogP contribution is 2.67. The van der Waals surface area contributed by atoms with Crippen molar-refractivity contribution in [1.82, 2.24) is 0 Å². The monoisotopic (exact) mass is 476 g/mol. The molecular formula is C24H26ClO4PS. The van der Waals surface area contributed by atoms with E-state index < -0.39 is 7.82 Å². The van der Waals surface area contributed by atoms with Crippen LogP contribution in [0.3, 0.4) is 0 Å². The molecule has 7 heteroatoms. The molecule has 2 fully saturated rings. The van der Waals surface area contributed by atoms with Crippen LogP contribution in [0, 0.1) is 16.7 Å². The van der Waals surface area contributed by atoms with Gasteiger partial charge in [0.25, 0.3) is 0 Å². The van der Waals surface area contributed by atoms with Crippen LogP contribution in [0.1, 0.15) is 51.2 Å². The van der Waals surface area contributed by atoms with Crippen molar-refractivity contribution in [1.29, 1.82) is 0 Å². The topological polar surface area (TPSA) is 55.8 Å². The lowest BCUT2D eigenvalue weighted by Crippen LogP contribution is -2.41. The van der Waals surface area contributed by atoms with Crippen molar-refractivity contribution in [2.45, 2.75) is 55.9 Å². The molecule has 4 nitrogen and oxygen atoms in total. The Morgan fingerprint density at radius 3 is 2.61 bits per heavy atom. The summed E-state index contributed by atoms with van der Waals surface area (Å²) in [6.07, 6.45) is 4.59. The summed E-state index contributed by atoms with van der Waals surface area (Å²) in [6, 6.07) is 13.4. The molecule has 31 heavy (non-hydrogen) atoms. The van der Waals surface area contributed by atoms with Crippen LogP contribution in [0.5, 0.6) is 0 Å². The molecule has 5 rings (SSSR count). The molecule has 164 valence electrons. The van der Waals surface area contributed by atoms with Gasteiger partial charge in [0.1, 0.15) is 5.76 Å². The Kier molecular flexibility index (Phi) is 5.16. The lowest BCUT2D eigenvalue weighted by molar-refractivity contribution is -0.0317. The number of fused-ring (bicyclic) bond motifs is 4. The number of phosphoric acid groups is 1. The van der Waals surface area contributed by atoms with Crippen molar-refractivity contribution < 1.29 is 18.5 Å². The minimum absolute atomic E-state index is 0.0998. The van der Waals surface area contributed by atoms with E-state index in [2.05, 4.69) is 20.8 Å². The molecule has 4 atom stereocenters. The van der Waals surface area contributed by atoms with Crippen molar-refractivity contribution in [2.24, 2.45) is 16.7 Å². The van der Waals surface area contributed by atoms with Gasteiger partial charge in [0, 0.05) is 25.9 Å². The van der Waals surface area contributed by atoms with Crippen molar-refractivity contribution in [3.05, 3.63) is 58.6 Å². The highest BCUT2D eigenvalue weighted by molar-refractivity contribution is 7.99. The summed E-state index contributed by atoms with van der Waals surface area (Å²) in [7, 11) is -4.39. The molecular weight excluding hydrogens is 451 g/mol. The molecule has 0 saturated heterocycles. The van der Waals surface area contributed by atoms with Gasteiger partial charge in [-0.2, -0.15) is 0 Å². The van der Waals surface area contributed by atoms with E-state index in [1.807, 2.05) is 36.4 Å². The molecule has 2 aliphatic carbocycles. The van der Waals surface area contributed by atoms with Crippen molar-refractivity contribution in [3.63, 3.8) is 0 Å². The quantitative estimate of drug-likeness (QED) is 0.459. The second-order valence-electron chi connectivity index (χ2n) is 9.72. The molecule has 1 unspecified atom stereocenters. The van der Waals surface area contributed by atoms with E-state index in [0.29, 0.717) is 16.7 Å². The Bertz CT molecular complexity index is 1130. The normalized spacial score (nSPS) is 30.0. The zero-order valence-electron chi connectivity index (χ0n) is 17.8. The third-order valence-electron chi connectivity index (χ3n) is 7.25. The van der Waals surface area contributed by atoms with Crippen LogP contribution >= 0.6 is 31.2 Å². The standard InChI is InChI=1S/C24H26ClO4PS/c1-23(2)15-11-12-24(3,14-15)22(23)29-30(26,27)28-19-13-17-18(25)8-6-10-21(17)31-20-9-5-4-7-16(19)20/h4-10,13,15,22H,11-12,14H2,1-3H3,(H,26,27)/t15-,22-,24+/m0/s1. The Morgan fingerprint density at radius 1 is 1.13 bits per heavy atom. The molecule has 2 aromatic rings. The minimum Gasteiger partial charge on any atom is -0.403 e. The summed E-state index contributed by atoms with van der Waals surface area (Å²) in [4.78, 5) is 12.8. The number of hydrogen-bond acceptors (Lipinski definition) is 4. The molecule has 1 aliphatic heterocycles. The Hall–Kier alpha value is -1.23. The van der Waals surface area contributed by atoms with Gasteiger partial charge in [-0.3, -0.25) is 9.42 Å². The first kappa shape index (κ1) is 21.6. The molecule has 1 N–H and O–H groups in total. The largest absolute Gasteiger partial charge is 0.527 e. The van der Waals surface area contributed by atoms with Gasteiger partial charge >= 0.3 is 7.82 Å². The maximum absolute atomic E-state index is 13.3. The molecule has 1 heterocycles. The van der Waals surface area contributed by atoms with Gasteiger partial charge in [0.2, 0.25) is 0 Å². The number of benzene rings is 2. The van der Waals surface area contributed by atoms with Crippen molar-refractivity contribution in [3.8, 4) is 0 Å². The van der Waals surface area contributed by atoms with Crippen molar-refractivity contribution >= 4 is 43.0 Å². The zero-order chi connectivity index (χ0) is 22.0. The van der Waals surface area contributed by atoms with E-state index in [0.717, 1.165) is 40.2 Å². The molecule has 0 spiro atoms. The summed E-state index contributed by atoms with van der Waals surface area (Å²) in [6.45, 7) is 6.44. The maximum atomic E-state index is 13.3.